The van der Waals surface area contributed by atoms with E-state index in [4.69, 9.17) is 20.9 Å². The Morgan fingerprint density at radius 1 is 1.25 bits per heavy atom. The topological polar surface area (TPSA) is 51.5 Å². The summed E-state index contributed by atoms with van der Waals surface area (Å²) in [4.78, 5) is 16.7. The van der Waals surface area contributed by atoms with Crippen molar-refractivity contribution in [2.24, 2.45) is 0 Å². The van der Waals surface area contributed by atoms with Gasteiger partial charge in [0.15, 0.2) is 0 Å². The molecule has 0 aliphatic carbocycles. The van der Waals surface area contributed by atoms with Crippen molar-refractivity contribution < 1.29 is 14.0 Å². The highest BCUT2D eigenvalue weighted by atomic mass is 35.5. The van der Waals surface area contributed by atoms with Crippen molar-refractivity contribution >= 4 is 17.5 Å². The highest BCUT2D eigenvalue weighted by Gasteiger charge is 2.03. The summed E-state index contributed by atoms with van der Waals surface area (Å²) in [5.74, 6) is 0.742. The quantitative estimate of drug-likeness (QED) is 0.630. The summed E-state index contributed by atoms with van der Waals surface area (Å²) in [6.45, 7) is 0.451. The van der Waals surface area contributed by atoms with Gasteiger partial charge < -0.3 is 4.42 Å². The number of rotatable bonds is 7. The predicted molar refractivity (Wildman–Crippen MR) is 76.3 cm³/mol. The second kappa shape index (κ2) is 7.72. The van der Waals surface area contributed by atoms with Crippen LogP contribution in [0.2, 0.25) is 5.02 Å². The van der Waals surface area contributed by atoms with Crippen LogP contribution in [0.25, 0.3) is 0 Å². The molecule has 2 aromatic rings. The van der Waals surface area contributed by atoms with Gasteiger partial charge in [-0.1, -0.05) is 23.7 Å². The Balaban J connectivity index is 1.59. The SMILES string of the molecule is O=C(Cc1ccc(Cl)cc1)NOCCCc1ccco1. The first kappa shape index (κ1) is 14.6. The van der Waals surface area contributed by atoms with E-state index in [1.165, 1.54) is 0 Å². The third-order valence-corrected chi connectivity index (χ3v) is 2.97. The first-order chi connectivity index (χ1) is 9.74. The largest absolute Gasteiger partial charge is 0.469 e. The monoisotopic (exact) mass is 293 g/mol. The molecule has 0 saturated carbocycles. The lowest BCUT2D eigenvalue weighted by molar-refractivity contribution is -0.132. The Morgan fingerprint density at radius 2 is 2.05 bits per heavy atom. The van der Waals surface area contributed by atoms with Gasteiger partial charge in [-0.15, -0.1) is 0 Å². The first-order valence-corrected chi connectivity index (χ1v) is 6.79. The molecule has 1 heterocycles. The lowest BCUT2D eigenvalue weighted by Crippen LogP contribution is -2.25. The smallest absolute Gasteiger partial charge is 0.247 e. The van der Waals surface area contributed by atoms with Gasteiger partial charge in [0.1, 0.15) is 5.76 Å². The lowest BCUT2D eigenvalue weighted by atomic mass is 10.1. The molecule has 0 bridgehead atoms. The van der Waals surface area contributed by atoms with Crippen LogP contribution >= 0.6 is 11.6 Å². The van der Waals surface area contributed by atoms with Gasteiger partial charge in [-0.3, -0.25) is 9.63 Å². The van der Waals surface area contributed by atoms with Crippen LogP contribution in [0.5, 0.6) is 0 Å². The van der Waals surface area contributed by atoms with E-state index in [1.54, 1.807) is 18.4 Å². The molecule has 5 heteroatoms. The maximum Gasteiger partial charge on any atom is 0.247 e. The number of carbonyl (C=O) groups is 1. The molecule has 0 unspecified atom stereocenters. The molecule has 0 aliphatic heterocycles. The van der Waals surface area contributed by atoms with Gasteiger partial charge in [0, 0.05) is 11.4 Å². The Labute approximate surface area is 122 Å². The van der Waals surface area contributed by atoms with Gasteiger partial charge in [-0.05, 0) is 36.2 Å². The van der Waals surface area contributed by atoms with Crippen LogP contribution in [0.15, 0.2) is 47.1 Å². The van der Waals surface area contributed by atoms with Crippen LogP contribution < -0.4 is 5.48 Å². The van der Waals surface area contributed by atoms with Crippen molar-refractivity contribution in [3.63, 3.8) is 0 Å². The third-order valence-electron chi connectivity index (χ3n) is 2.71. The fraction of sp³-hybridized carbons (Fsp3) is 0.267. The Bertz CT molecular complexity index is 523. The summed E-state index contributed by atoms with van der Waals surface area (Å²) in [6, 6.07) is 10.9. The number of hydrogen-bond acceptors (Lipinski definition) is 3. The molecule has 106 valence electrons. The van der Waals surface area contributed by atoms with Crippen molar-refractivity contribution in [1.29, 1.82) is 0 Å². The van der Waals surface area contributed by atoms with E-state index in [1.807, 2.05) is 24.3 Å². The zero-order valence-corrected chi connectivity index (χ0v) is 11.7. The minimum Gasteiger partial charge on any atom is -0.469 e. The molecular formula is C15H16ClNO3. The highest BCUT2D eigenvalue weighted by molar-refractivity contribution is 6.30. The van der Waals surface area contributed by atoms with Crippen molar-refractivity contribution in [1.82, 2.24) is 5.48 Å². The molecule has 4 nitrogen and oxygen atoms in total. The Kier molecular flexibility index (Phi) is 5.65. The number of halogens is 1. The van der Waals surface area contributed by atoms with Gasteiger partial charge in [-0.25, -0.2) is 5.48 Å². The average molecular weight is 294 g/mol. The fourth-order valence-corrected chi connectivity index (χ4v) is 1.85. The normalized spacial score (nSPS) is 10.4. The number of amides is 1. The van der Waals surface area contributed by atoms with Crippen LogP contribution in [0, 0.1) is 0 Å². The maximum absolute atomic E-state index is 11.6. The molecule has 0 saturated heterocycles. The number of carbonyl (C=O) groups excluding carboxylic acids is 1. The molecule has 1 aromatic carbocycles. The summed E-state index contributed by atoms with van der Waals surface area (Å²) in [5, 5.41) is 0.656. The lowest BCUT2D eigenvalue weighted by Gasteiger charge is -2.05. The zero-order valence-electron chi connectivity index (χ0n) is 11.0. The van der Waals surface area contributed by atoms with E-state index >= 15 is 0 Å². The molecule has 2 rings (SSSR count). The summed E-state index contributed by atoms with van der Waals surface area (Å²) < 4.78 is 5.20. The molecule has 20 heavy (non-hydrogen) atoms. The van der Waals surface area contributed by atoms with Crippen LogP contribution in [-0.4, -0.2) is 12.5 Å². The Morgan fingerprint density at radius 3 is 2.75 bits per heavy atom. The summed E-state index contributed by atoms with van der Waals surface area (Å²) >= 11 is 5.78. The van der Waals surface area contributed by atoms with Gasteiger partial charge in [0.25, 0.3) is 0 Å². The second-order valence-corrected chi connectivity index (χ2v) is 4.80. The molecule has 0 atom stereocenters. The maximum atomic E-state index is 11.6. The van der Waals surface area contributed by atoms with E-state index in [0.717, 1.165) is 24.2 Å². The standard InChI is InChI=1S/C15H16ClNO3/c16-13-7-5-12(6-8-13)11-15(18)17-20-10-2-4-14-3-1-9-19-14/h1,3,5-9H,2,4,10-11H2,(H,17,18). The van der Waals surface area contributed by atoms with Crippen LogP contribution in [0.4, 0.5) is 0 Å². The number of benzene rings is 1. The molecule has 0 aliphatic rings. The van der Waals surface area contributed by atoms with Crippen LogP contribution in [0.3, 0.4) is 0 Å². The number of hydroxylamine groups is 1. The van der Waals surface area contributed by atoms with Gasteiger partial charge >= 0.3 is 0 Å². The van der Waals surface area contributed by atoms with Gasteiger partial charge in [-0.2, -0.15) is 0 Å². The molecule has 1 amide bonds. The fourth-order valence-electron chi connectivity index (χ4n) is 1.73. The van der Waals surface area contributed by atoms with Crippen molar-refractivity contribution in [3.05, 3.63) is 59.0 Å². The first-order valence-electron chi connectivity index (χ1n) is 6.41. The van der Waals surface area contributed by atoms with E-state index < -0.39 is 0 Å². The van der Waals surface area contributed by atoms with Crippen LogP contribution in [0.1, 0.15) is 17.7 Å². The second-order valence-electron chi connectivity index (χ2n) is 4.36. The molecule has 0 radical (unpaired) electrons. The summed E-state index contributed by atoms with van der Waals surface area (Å²) in [6.07, 6.45) is 3.49. The van der Waals surface area contributed by atoms with Crippen molar-refractivity contribution in [2.75, 3.05) is 6.61 Å². The van der Waals surface area contributed by atoms with Gasteiger partial charge in [0.05, 0.1) is 19.3 Å². The summed E-state index contributed by atoms with van der Waals surface area (Å²) in [7, 11) is 0. The van der Waals surface area contributed by atoms with Crippen molar-refractivity contribution in [3.8, 4) is 0 Å². The number of aryl methyl sites for hydroxylation is 1. The van der Waals surface area contributed by atoms with E-state index in [2.05, 4.69) is 5.48 Å². The minimum atomic E-state index is -0.176. The van der Waals surface area contributed by atoms with Gasteiger partial charge in [0.2, 0.25) is 5.91 Å². The average Bonchev–Trinajstić information content (AvgIpc) is 2.94. The molecular weight excluding hydrogens is 278 g/mol. The minimum absolute atomic E-state index is 0.176. The van der Waals surface area contributed by atoms with Crippen molar-refractivity contribution in [2.45, 2.75) is 19.3 Å². The van der Waals surface area contributed by atoms with Crippen LogP contribution in [-0.2, 0) is 22.5 Å². The summed E-state index contributed by atoms with van der Waals surface area (Å²) in [5.41, 5.74) is 3.32. The molecule has 0 spiro atoms. The molecule has 1 N–H and O–H groups in total. The molecule has 1 aromatic heterocycles. The number of furan rings is 1. The number of nitrogens with one attached hydrogen (secondary N) is 1. The van der Waals surface area contributed by atoms with E-state index in [-0.39, 0.29) is 12.3 Å². The number of hydrogen-bond donors (Lipinski definition) is 1. The molecule has 0 fully saturated rings. The van der Waals surface area contributed by atoms with E-state index in [0.29, 0.717) is 11.6 Å². The zero-order chi connectivity index (χ0) is 14.2. The third kappa shape index (κ3) is 5.07. The predicted octanol–water partition coefficient (Wildman–Crippen LogP) is 3.16. The Hall–Kier alpha value is -1.78. The highest BCUT2D eigenvalue weighted by Crippen LogP contribution is 2.09. The van der Waals surface area contributed by atoms with E-state index in [9.17, 15) is 4.79 Å².